The highest BCUT2D eigenvalue weighted by molar-refractivity contribution is 4.94. The second-order valence-electron chi connectivity index (χ2n) is 6.95. The highest BCUT2D eigenvalue weighted by Gasteiger charge is 2.40. The Kier molecular flexibility index (Phi) is 4.88. The van der Waals surface area contributed by atoms with Crippen molar-refractivity contribution in [2.45, 2.75) is 44.2 Å². The molecule has 4 unspecified atom stereocenters. The van der Waals surface area contributed by atoms with Crippen LogP contribution in [-0.4, -0.2) is 66.8 Å². The molecule has 0 aromatic heterocycles. The first kappa shape index (κ1) is 15.2. The van der Waals surface area contributed by atoms with Crippen LogP contribution in [0.15, 0.2) is 0 Å². The van der Waals surface area contributed by atoms with Crippen molar-refractivity contribution in [3.05, 3.63) is 0 Å². The third-order valence-corrected chi connectivity index (χ3v) is 5.38. The van der Waals surface area contributed by atoms with Gasteiger partial charge < -0.3 is 20.6 Å². The summed E-state index contributed by atoms with van der Waals surface area (Å²) < 4.78 is 0. The summed E-state index contributed by atoms with van der Waals surface area (Å²) in [6, 6.07) is 0.678. The molecule has 0 spiro atoms. The van der Waals surface area contributed by atoms with E-state index in [4.69, 9.17) is 5.73 Å². The molecule has 1 aliphatic heterocycles. The van der Waals surface area contributed by atoms with Crippen LogP contribution in [0, 0.1) is 11.8 Å². The Balaban J connectivity index is 1.81. The van der Waals surface area contributed by atoms with E-state index in [0.717, 1.165) is 38.1 Å². The molecule has 3 N–H and O–H groups in total. The molecule has 4 nitrogen and oxygen atoms in total. The van der Waals surface area contributed by atoms with Crippen molar-refractivity contribution in [1.29, 1.82) is 0 Å². The van der Waals surface area contributed by atoms with Crippen molar-refractivity contribution in [3.8, 4) is 0 Å². The maximum atomic E-state index is 10.5. The van der Waals surface area contributed by atoms with Crippen LogP contribution in [0.5, 0.6) is 0 Å². The van der Waals surface area contributed by atoms with E-state index in [1.807, 2.05) is 0 Å². The second-order valence-corrected chi connectivity index (χ2v) is 6.95. The van der Waals surface area contributed by atoms with Gasteiger partial charge in [-0.25, -0.2) is 0 Å². The lowest BCUT2D eigenvalue weighted by atomic mass is 9.88. The molecular formula is C15H31N3O. The van der Waals surface area contributed by atoms with E-state index in [1.165, 1.54) is 13.1 Å². The topological polar surface area (TPSA) is 52.7 Å². The Morgan fingerprint density at radius 3 is 2.68 bits per heavy atom. The predicted octanol–water partition coefficient (Wildman–Crippen LogP) is 0.748. The molecule has 0 amide bonds. The molecule has 2 rings (SSSR count). The van der Waals surface area contributed by atoms with Gasteiger partial charge in [-0.15, -0.1) is 0 Å². The van der Waals surface area contributed by atoms with Gasteiger partial charge in [-0.3, -0.25) is 0 Å². The molecular weight excluding hydrogens is 238 g/mol. The predicted molar refractivity (Wildman–Crippen MR) is 79.0 cm³/mol. The monoisotopic (exact) mass is 269 g/mol. The van der Waals surface area contributed by atoms with Gasteiger partial charge in [-0.2, -0.15) is 0 Å². The Morgan fingerprint density at radius 2 is 2.11 bits per heavy atom. The van der Waals surface area contributed by atoms with Gasteiger partial charge in [0.15, 0.2) is 0 Å². The normalized spacial score (nSPS) is 40.4. The summed E-state index contributed by atoms with van der Waals surface area (Å²) in [5, 5.41) is 10.5. The smallest absolute Gasteiger partial charge is 0.0797 e. The van der Waals surface area contributed by atoms with Crippen LogP contribution in [0.1, 0.15) is 32.6 Å². The van der Waals surface area contributed by atoms with Gasteiger partial charge in [-0.1, -0.05) is 13.3 Å². The number of nitrogens with zero attached hydrogens (tertiary/aromatic N) is 2. The summed E-state index contributed by atoms with van der Waals surface area (Å²) >= 11 is 0. The summed E-state index contributed by atoms with van der Waals surface area (Å²) in [5.74, 6) is 1.15. The number of likely N-dealkylation sites (N-methyl/N-ethyl adjacent to an activating group) is 1. The van der Waals surface area contributed by atoms with E-state index in [2.05, 4.69) is 30.8 Å². The summed E-state index contributed by atoms with van der Waals surface area (Å²) in [4.78, 5) is 4.90. The third kappa shape index (κ3) is 3.30. The van der Waals surface area contributed by atoms with Gasteiger partial charge in [-0.05, 0) is 51.7 Å². The lowest BCUT2D eigenvalue weighted by Gasteiger charge is -2.30. The van der Waals surface area contributed by atoms with E-state index in [-0.39, 0.29) is 0 Å². The number of rotatable bonds is 5. The third-order valence-electron chi connectivity index (χ3n) is 5.38. The first-order valence-corrected chi connectivity index (χ1v) is 7.77. The van der Waals surface area contributed by atoms with Crippen molar-refractivity contribution in [2.24, 2.45) is 17.6 Å². The van der Waals surface area contributed by atoms with Crippen LogP contribution in [0.4, 0.5) is 0 Å². The Hall–Kier alpha value is -0.160. The Labute approximate surface area is 117 Å². The summed E-state index contributed by atoms with van der Waals surface area (Å²) in [7, 11) is 4.35. The van der Waals surface area contributed by atoms with E-state index >= 15 is 0 Å². The molecule has 2 fully saturated rings. The Bertz CT molecular complexity index is 297. The van der Waals surface area contributed by atoms with Crippen molar-refractivity contribution in [3.63, 3.8) is 0 Å². The zero-order valence-electron chi connectivity index (χ0n) is 12.8. The van der Waals surface area contributed by atoms with Gasteiger partial charge in [0, 0.05) is 25.7 Å². The van der Waals surface area contributed by atoms with Gasteiger partial charge >= 0.3 is 0 Å². The first-order chi connectivity index (χ1) is 8.96. The van der Waals surface area contributed by atoms with Crippen LogP contribution < -0.4 is 5.73 Å². The SMILES string of the molecule is CC1CN(CCC2CCCC2(O)CN)CC1N(C)C. The molecule has 0 aromatic rings. The molecule has 19 heavy (non-hydrogen) atoms. The molecule has 4 atom stereocenters. The standard InChI is InChI=1S/C15H31N3O/c1-12-9-18(10-14(12)17(2)3)8-6-13-5-4-7-15(13,19)11-16/h12-14,19H,4-11,16H2,1-3H3. The average molecular weight is 269 g/mol. The number of nitrogens with two attached hydrogens (primary N) is 1. The maximum absolute atomic E-state index is 10.5. The fourth-order valence-electron chi connectivity index (χ4n) is 4.05. The molecule has 1 aliphatic carbocycles. The number of aliphatic hydroxyl groups is 1. The molecule has 2 aliphatic rings. The van der Waals surface area contributed by atoms with Gasteiger partial charge in [0.1, 0.15) is 0 Å². The fourth-order valence-corrected chi connectivity index (χ4v) is 4.05. The number of hydrogen-bond acceptors (Lipinski definition) is 4. The zero-order valence-corrected chi connectivity index (χ0v) is 12.8. The highest BCUT2D eigenvalue weighted by Crippen LogP contribution is 2.37. The molecule has 4 heteroatoms. The van der Waals surface area contributed by atoms with E-state index in [1.54, 1.807) is 0 Å². The fraction of sp³-hybridized carbons (Fsp3) is 1.00. The van der Waals surface area contributed by atoms with Gasteiger partial charge in [0.05, 0.1) is 5.60 Å². The number of hydrogen-bond donors (Lipinski definition) is 2. The minimum atomic E-state index is -0.577. The van der Waals surface area contributed by atoms with E-state index in [9.17, 15) is 5.11 Å². The van der Waals surface area contributed by atoms with Crippen LogP contribution in [-0.2, 0) is 0 Å². The van der Waals surface area contributed by atoms with Crippen molar-refractivity contribution < 1.29 is 5.11 Å². The minimum absolute atomic E-state index is 0.409. The summed E-state index contributed by atoms with van der Waals surface area (Å²) in [6.07, 6.45) is 4.27. The second kappa shape index (κ2) is 6.08. The van der Waals surface area contributed by atoms with Crippen LogP contribution >= 0.6 is 0 Å². The van der Waals surface area contributed by atoms with Gasteiger partial charge in [0.2, 0.25) is 0 Å². The highest BCUT2D eigenvalue weighted by atomic mass is 16.3. The van der Waals surface area contributed by atoms with Gasteiger partial charge in [0.25, 0.3) is 0 Å². The molecule has 0 bridgehead atoms. The molecule has 0 radical (unpaired) electrons. The summed E-state index contributed by atoms with van der Waals surface area (Å²) in [6.45, 7) is 6.24. The maximum Gasteiger partial charge on any atom is 0.0797 e. The molecule has 0 aromatic carbocycles. The molecule has 1 saturated heterocycles. The molecule has 112 valence electrons. The number of likely N-dealkylation sites (tertiary alicyclic amines) is 1. The first-order valence-electron chi connectivity index (χ1n) is 7.77. The average Bonchev–Trinajstić information content (AvgIpc) is 2.91. The Morgan fingerprint density at radius 1 is 1.37 bits per heavy atom. The van der Waals surface area contributed by atoms with Crippen molar-refractivity contribution in [1.82, 2.24) is 9.80 Å². The largest absolute Gasteiger partial charge is 0.388 e. The van der Waals surface area contributed by atoms with E-state index < -0.39 is 5.60 Å². The summed E-state index contributed by atoms with van der Waals surface area (Å²) in [5.41, 5.74) is 5.18. The van der Waals surface area contributed by atoms with E-state index in [0.29, 0.717) is 18.5 Å². The quantitative estimate of drug-likeness (QED) is 0.773. The lowest BCUT2D eigenvalue weighted by Crippen LogP contribution is -2.42. The molecule has 1 heterocycles. The zero-order chi connectivity index (χ0) is 14.0. The van der Waals surface area contributed by atoms with Crippen molar-refractivity contribution in [2.75, 3.05) is 40.3 Å². The molecule has 1 saturated carbocycles. The lowest BCUT2D eigenvalue weighted by molar-refractivity contribution is 0.00509. The van der Waals surface area contributed by atoms with Crippen molar-refractivity contribution >= 4 is 0 Å². The van der Waals surface area contributed by atoms with Crippen LogP contribution in [0.2, 0.25) is 0 Å². The van der Waals surface area contributed by atoms with Crippen LogP contribution in [0.3, 0.4) is 0 Å². The van der Waals surface area contributed by atoms with Crippen LogP contribution in [0.25, 0.3) is 0 Å². The minimum Gasteiger partial charge on any atom is -0.388 e.